The summed E-state index contributed by atoms with van der Waals surface area (Å²) in [7, 11) is 0. The van der Waals surface area contributed by atoms with Crippen molar-refractivity contribution in [2.45, 2.75) is 18.2 Å². The lowest BCUT2D eigenvalue weighted by atomic mass is 10.2. The highest BCUT2D eigenvalue weighted by atomic mass is 35.5. The van der Waals surface area contributed by atoms with Gasteiger partial charge in [0.25, 0.3) is 5.91 Å². The van der Waals surface area contributed by atoms with E-state index < -0.39 is 5.97 Å². The molecule has 12 heteroatoms. The molecule has 3 rings (SSSR count). The van der Waals surface area contributed by atoms with Crippen molar-refractivity contribution in [3.8, 4) is 0 Å². The summed E-state index contributed by atoms with van der Waals surface area (Å²) in [6.45, 7) is 4.21. The van der Waals surface area contributed by atoms with E-state index in [1.165, 1.54) is 42.1 Å². The largest absolute Gasteiger partial charge is 0.478 e. The molecule has 3 aromatic rings. The molecule has 9 nitrogen and oxygen atoms in total. The average molecular weight is 520 g/mol. The molecule has 0 bridgehead atoms. The number of thioether (sulfide) groups is 1. The zero-order chi connectivity index (χ0) is 24.7. The van der Waals surface area contributed by atoms with E-state index >= 15 is 0 Å². The number of nitrogens with one attached hydrogen (secondary N) is 2. The second kappa shape index (κ2) is 11.7. The fourth-order valence-electron chi connectivity index (χ4n) is 2.79. The molecular formula is C22H19Cl2N5O4S. The predicted octanol–water partition coefficient (Wildman–Crippen LogP) is 4.13. The number of carboxylic acid groups (broad SMARTS) is 1. The number of carbonyl (C=O) groups is 3. The number of amides is 2. The molecule has 3 N–H and O–H groups in total. The molecule has 0 spiro atoms. The molecule has 0 atom stereocenters. The number of benzene rings is 2. The summed E-state index contributed by atoms with van der Waals surface area (Å²) >= 11 is 13.0. The number of nitrogens with zero attached hydrogens (tertiary/aromatic N) is 3. The molecule has 0 saturated carbocycles. The minimum absolute atomic E-state index is 0.0472. The zero-order valence-electron chi connectivity index (χ0n) is 17.6. The van der Waals surface area contributed by atoms with Crippen molar-refractivity contribution in [2.75, 3.05) is 11.1 Å². The van der Waals surface area contributed by atoms with E-state index in [4.69, 9.17) is 28.3 Å². The lowest BCUT2D eigenvalue weighted by molar-refractivity contribution is -0.113. The average Bonchev–Trinajstić information content (AvgIpc) is 3.20. The molecule has 34 heavy (non-hydrogen) atoms. The van der Waals surface area contributed by atoms with E-state index in [-0.39, 0.29) is 34.7 Å². The molecule has 1 heterocycles. The maximum Gasteiger partial charge on any atom is 0.335 e. The highest BCUT2D eigenvalue weighted by Crippen LogP contribution is 2.23. The Morgan fingerprint density at radius 1 is 1.06 bits per heavy atom. The topological polar surface area (TPSA) is 126 Å². The van der Waals surface area contributed by atoms with Crippen molar-refractivity contribution < 1.29 is 19.5 Å². The summed E-state index contributed by atoms with van der Waals surface area (Å²) in [6, 6.07) is 10.4. The Bertz CT molecular complexity index is 1230. The van der Waals surface area contributed by atoms with E-state index in [1.807, 2.05) is 0 Å². The third-order valence-electron chi connectivity index (χ3n) is 4.44. The molecule has 2 aromatic carbocycles. The van der Waals surface area contributed by atoms with Crippen LogP contribution in [0.5, 0.6) is 0 Å². The van der Waals surface area contributed by atoms with Gasteiger partial charge in [-0.3, -0.25) is 9.59 Å². The van der Waals surface area contributed by atoms with Crippen molar-refractivity contribution in [2.24, 2.45) is 0 Å². The lowest BCUT2D eigenvalue weighted by Crippen LogP contribution is -2.25. The van der Waals surface area contributed by atoms with Gasteiger partial charge in [-0.15, -0.1) is 16.8 Å². The Balaban J connectivity index is 1.59. The van der Waals surface area contributed by atoms with Gasteiger partial charge >= 0.3 is 5.97 Å². The summed E-state index contributed by atoms with van der Waals surface area (Å²) in [6.07, 6.45) is 1.65. The van der Waals surface area contributed by atoms with E-state index in [1.54, 1.807) is 22.8 Å². The van der Waals surface area contributed by atoms with Crippen LogP contribution in [0.4, 0.5) is 5.69 Å². The Morgan fingerprint density at radius 2 is 1.76 bits per heavy atom. The Morgan fingerprint density at radius 3 is 2.41 bits per heavy atom. The highest BCUT2D eigenvalue weighted by Gasteiger charge is 2.15. The number of aromatic carboxylic acids is 1. The fraction of sp³-hybridized carbons (Fsp3) is 0.136. The van der Waals surface area contributed by atoms with E-state index in [0.717, 1.165) is 0 Å². The zero-order valence-corrected chi connectivity index (χ0v) is 20.0. The summed E-state index contributed by atoms with van der Waals surface area (Å²) in [5.41, 5.74) is 0.962. The number of hydrogen-bond acceptors (Lipinski definition) is 6. The number of anilines is 1. The molecule has 0 unspecified atom stereocenters. The molecule has 1 aromatic heterocycles. The van der Waals surface area contributed by atoms with Crippen molar-refractivity contribution in [1.29, 1.82) is 0 Å². The van der Waals surface area contributed by atoms with Gasteiger partial charge in [-0.2, -0.15) is 0 Å². The van der Waals surface area contributed by atoms with E-state index in [2.05, 4.69) is 27.4 Å². The van der Waals surface area contributed by atoms with Gasteiger partial charge in [-0.05, 0) is 42.5 Å². The van der Waals surface area contributed by atoms with Crippen LogP contribution >= 0.6 is 35.0 Å². The van der Waals surface area contributed by atoms with Gasteiger partial charge in [0, 0.05) is 17.8 Å². The van der Waals surface area contributed by atoms with Crippen LogP contribution in [0, 0.1) is 0 Å². The standard InChI is InChI=1S/C22H19Cl2N5O4S/c1-2-9-29-18(11-25-20(31)14-5-8-16(23)17(24)10-14)27-28-22(29)34-12-19(30)26-15-6-3-13(4-7-15)21(32)33/h2-8,10H,1,9,11-12H2,(H,25,31)(H,26,30)(H,32,33). The summed E-state index contributed by atoms with van der Waals surface area (Å²) in [5, 5.41) is 23.7. The fourth-order valence-corrected chi connectivity index (χ4v) is 3.86. The number of aromatic nitrogens is 3. The molecule has 176 valence electrons. The Labute approximate surface area is 209 Å². The predicted molar refractivity (Wildman–Crippen MR) is 131 cm³/mol. The van der Waals surface area contributed by atoms with Gasteiger partial charge in [-0.25, -0.2) is 4.79 Å². The van der Waals surface area contributed by atoms with Gasteiger partial charge < -0.3 is 20.3 Å². The highest BCUT2D eigenvalue weighted by molar-refractivity contribution is 7.99. The number of hydrogen-bond donors (Lipinski definition) is 3. The van der Waals surface area contributed by atoms with Crippen molar-refractivity contribution in [3.63, 3.8) is 0 Å². The second-order valence-electron chi connectivity index (χ2n) is 6.83. The van der Waals surface area contributed by atoms with E-state index in [9.17, 15) is 14.4 Å². The number of carbonyl (C=O) groups excluding carboxylic acids is 2. The normalized spacial score (nSPS) is 10.5. The van der Waals surface area contributed by atoms with Crippen LogP contribution in [-0.4, -0.2) is 43.4 Å². The number of carboxylic acids is 1. The number of allylic oxidation sites excluding steroid dienone is 1. The van der Waals surface area contributed by atoms with Crippen molar-refractivity contribution >= 4 is 58.4 Å². The maximum atomic E-state index is 12.4. The summed E-state index contributed by atoms with van der Waals surface area (Å²) < 4.78 is 1.74. The lowest BCUT2D eigenvalue weighted by Gasteiger charge is -2.09. The monoisotopic (exact) mass is 519 g/mol. The molecule has 0 aliphatic rings. The third kappa shape index (κ3) is 6.60. The molecular weight excluding hydrogens is 501 g/mol. The van der Waals surface area contributed by atoms with Gasteiger partial charge in [0.15, 0.2) is 11.0 Å². The van der Waals surface area contributed by atoms with Crippen LogP contribution in [0.25, 0.3) is 0 Å². The first-order valence-electron chi connectivity index (χ1n) is 9.80. The second-order valence-corrected chi connectivity index (χ2v) is 8.59. The minimum atomic E-state index is -1.04. The van der Waals surface area contributed by atoms with Gasteiger partial charge in [-0.1, -0.05) is 41.0 Å². The van der Waals surface area contributed by atoms with Gasteiger partial charge in [0.2, 0.25) is 5.91 Å². The molecule has 0 aliphatic heterocycles. The van der Waals surface area contributed by atoms with Crippen molar-refractivity contribution in [3.05, 3.63) is 82.1 Å². The van der Waals surface area contributed by atoms with Crippen LogP contribution in [0.1, 0.15) is 26.5 Å². The number of rotatable bonds is 10. The number of halogens is 2. The minimum Gasteiger partial charge on any atom is -0.478 e. The summed E-state index contributed by atoms with van der Waals surface area (Å²) in [4.78, 5) is 35.6. The first kappa shape index (κ1) is 25.3. The molecule has 2 amide bonds. The van der Waals surface area contributed by atoms with Crippen LogP contribution in [0.15, 0.2) is 60.3 Å². The Hall–Kier alpha value is -3.34. The van der Waals surface area contributed by atoms with Gasteiger partial charge in [0.1, 0.15) is 0 Å². The third-order valence-corrected chi connectivity index (χ3v) is 6.15. The quantitative estimate of drug-likeness (QED) is 0.271. The first-order chi connectivity index (χ1) is 16.3. The Kier molecular flexibility index (Phi) is 8.69. The van der Waals surface area contributed by atoms with Crippen molar-refractivity contribution in [1.82, 2.24) is 20.1 Å². The van der Waals surface area contributed by atoms with Crippen LogP contribution in [-0.2, 0) is 17.9 Å². The smallest absolute Gasteiger partial charge is 0.335 e. The SMILES string of the molecule is C=CCn1c(CNC(=O)c2ccc(Cl)c(Cl)c2)nnc1SCC(=O)Nc1ccc(C(=O)O)cc1. The summed E-state index contributed by atoms with van der Waals surface area (Å²) in [5.74, 6) is -1.16. The first-order valence-corrected chi connectivity index (χ1v) is 11.5. The molecule has 0 fully saturated rings. The molecule has 0 radical (unpaired) electrons. The van der Waals surface area contributed by atoms with Crippen LogP contribution in [0.2, 0.25) is 10.0 Å². The van der Waals surface area contributed by atoms with Crippen LogP contribution in [0.3, 0.4) is 0 Å². The van der Waals surface area contributed by atoms with Gasteiger partial charge in [0.05, 0.1) is 27.9 Å². The molecule has 0 saturated heterocycles. The van der Waals surface area contributed by atoms with E-state index in [0.29, 0.717) is 33.8 Å². The maximum absolute atomic E-state index is 12.4. The molecule has 0 aliphatic carbocycles. The van der Waals surface area contributed by atoms with Crippen LogP contribution < -0.4 is 10.6 Å².